The monoisotopic (exact) mass is 228 g/mol. The van der Waals surface area contributed by atoms with Crippen LogP contribution in [0.5, 0.6) is 0 Å². The van der Waals surface area contributed by atoms with Crippen LogP contribution in [0.25, 0.3) is 0 Å². The molecule has 0 saturated carbocycles. The van der Waals surface area contributed by atoms with E-state index in [1.807, 2.05) is 31.2 Å². The standard InChI is InChI=1S/C13H12N2O2/c1-10-5-2-3-6-11(10)9-14-15-13(16)12-7-4-8-17-12/h2-9H,1H3,(H,15,16)/b14-9-. The van der Waals surface area contributed by atoms with E-state index in [-0.39, 0.29) is 11.7 Å². The number of hydrazone groups is 1. The average Bonchev–Trinajstić information content (AvgIpc) is 2.85. The molecule has 4 nitrogen and oxygen atoms in total. The lowest BCUT2D eigenvalue weighted by Gasteiger charge is -1.98. The first kappa shape index (κ1) is 11.1. The summed E-state index contributed by atoms with van der Waals surface area (Å²) in [6.07, 6.45) is 3.05. The molecule has 1 N–H and O–H groups in total. The second-order valence-electron chi connectivity index (χ2n) is 3.53. The van der Waals surface area contributed by atoms with E-state index in [1.54, 1.807) is 18.3 Å². The van der Waals surface area contributed by atoms with E-state index >= 15 is 0 Å². The number of nitrogens with zero attached hydrogens (tertiary/aromatic N) is 1. The van der Waals surface area contributed by atoms with Gasteiger partial charge in [-0.05, 0) is 30.2 Å². The summed E-state index contributed by atoms with van der Waals surface area (Å²) in [4.78, 5) is 11.5. The van der Waals surface area contributed by atoms with Crippen molar-refractivity contribution in [1.82, 2.24) is 5.43 Å². The summed E-state index contributed by atoms with van der Waals surface area (Å²) in [5.74, 6) is -0.119. The molecule has 0 radical (unpaired) electrons. The third kappa shape index (κ3) is 2.81. The van der Waals surface area contributed by atoms with Crippen molar-refractivity contribution in [2.75, 3.05) is 0 Å². The highest BCUT2D eigenvalue weighted by molar-refractivity contribution is 5.92. The van der Waals surface area contributed by atoms with E-state index in [0.717, 1.165) is 11.1 Å². The molecule has 0 aliphatic rings. The van der Waals surface area contributed by atoms with Gasteiger partial charge in [-0.15, -0.1) is 0 Å². The van der Waals surface area contributed by atoms with Crippen LogP contribution in [0.3, 0.4) is 0 Å². The lowest BCUT2D eigenvalue weighted by atomic mass is 10.1. The van der Waals surface area contributed by atoms with Crippen LogP contribution in [0.15, 0.2) is 52.2 Å². The lowest BCUT2D eigenvalue weighted by molar-refractivity contribution is 0.0927. The van der Waals surface area contributed by atoms with Gasteiger partial charge in [-0.2, -0.15) is 5.10 Å². The van der Waals surface area contributed by atoms with Crippen molar-refractivity contribution in [2.24, 2.45) is 5.10 Å². The second-order valence-corrected chi connectivity index (χ2v) is 3.53. The molecular formula is C13H12N2O2. The topological polar surface area (TPSA) is 54.6 Å². The molecule has 0 unspecified atom stereocenters. The van der Waals surface area contributed by atoms with Crippen molar-refractivity contribution < 1.29 is 9.21 Å². The molecule has 17 heavy (non-hydrogen) atoms. The highest BCUT2D eigenvalue weighted by Crippen LogP contribution is 2.03. The Hall–Kier alpha value is -2.36. The van der Waals surface area contributed by atoms with Crippen molar-refractivity contribution in [2.45, 2.75) is 6.92 Å². The van der Waals surface area contributed by atoms with Crippen molar-refractivity contribution in [3.63, 3.8) is 0 Å². The molecule has 1 heterocycles. The van der Waals surface area contributed by atoms with Gasteiger partial charge in [0, 0.05) is 0 Å². The summed E-state index contributed by atoms with van der Waals surface area (Å²) in [5, 5.41) is 3.87. The molecule has 0 bridgehead atoms. The summed E-state index contributed by atoms with van der Waals surface area (Å²) >= 11 is 0. The molecule has 1 aromatic carbocycles. The number of amides is 1. The molecule has 0 atom stereocenters. The Balaban J connectivity index is 1.99. The molecule has 86 valence electrons. The van der Waals surface area contributed by atoms with Gasteiger partial charge >= 0.3 is 5.91 Å². The molecule has 0 saturated heterocycles. The fourth-order valence-corrected chi connectivity index (χ4v) is 1.35. The first-order chi connectivity index (χ1) is 8.27. The van der Waals surface area contributed by atoms with Crippen LogP contribution in [0.2, 0.25) is 0 Å². The minimum Gasteiger partial charge on any atom is -0.459 e. The largest absolute Gasteiger partial charge is 0.459 e. The number of nitrogens with one attached hydrogen (secondary N) is 1. The summed E-state index contributed by atoms with van der Waals surface area (Å²) in [6.45, 7) is 1.98. The van der Waals surface area contributed by atoms with Crippen LogP contribution in [0.1, 0.15) is 21.7 Å². The quantitative estimate of drug-likeness (QED) is 0.647. The number of rotatable bonds is 3. The average molecular weight is 228 g/mol. The Labute approximate surface area is 99.0 Å². The Morgan fingerprint density at radius 3 is 2.82 bits per heavy atom. The van der Waals surface area contributed by atoms with Gasteiger partial charge in [0.2, 0.25) is 0 Å². The molecule has 2 rings (SSSR count). The molecule has 1 amide bonds. The van der Waals surface area contributed by atoms with Crippen LogP contribution in [0.4, 0.5) is 0 Å². The maximum absolute atomic E-state index is 11.5. The fraction of sp³-hybridized carbons (Fsp3) is 0.0769. The number of carbonyl (C=O) groups is 1. The number of aryl methyl sites for hydroxylation is 1. The molecule has 0 spiro atoms. The Morgan fingerprint density at radius 2 is 2.12 bits per heavy atom. The van der Waals surface area contributed by atoms with E-state index in [2.05, 4.69) is 10.5 Å². The molecule has 0 aliphatic heterocycles. The van der Waals surface area contributed by atoms with Crippen molar-refractivity contribution >= 4 is 12.1 Å². The number of benzene rings is 1. The Kier molecular flexibility index (Phi) is 3.35. The van der Waals surface area contributed by atoms with Gasteiger partial charge < -0.3 is 4.42 Å². The molecule has 1 aromatic heterocycles. The van der Waals surface area contributed by atoms with Gasteiger partial charge in [0.25, 0.3) is 0 Å². The van der Waals surface area contributed by atoms with Gasteiger partial charge in [-0.25, -0.2) is 5.43 Å². The second kappa shape index (κ2) is 5.12. The van der Waals surface area contributed by atoms with Gasteiger partial charge in [0.15, 0.2) is 5.76 Å². The van der Waals surface area contributed by atoms with Gasteiger partial charge in [-0.3, -0.25) is 4.79 Å². The maximum Gasteiger partial charge on any atom is 0.307 e. The van der Waals surface area contributed by atoms with E-state index in [4.69, 9.17) is 4.42 Å². The van der Waals surface area contributed by atoms with Crippen LogP contribution in [0, 0.1) is 6.92 Å². The third-order valence-electron chi connectivity index (χ3n) is 2.30. The third-order valence-corrected chi connectivity index (χ3v) is 2.30. The van der Waals surface area contributed by atoms with Crippen molar-refractivity contribution in [3.05, 3.63) is 59.5 Å². The maximum atomic E-state index is 11.5. The van der Waals surface area contributed by atoms with Crippen molar-refractivity contribution in [1.29, 1.82) is 0 Å². The summed E-state index contributed by atoms with van der Waals surface area (Å²) in [5.41, 5.74) is 4.46. The SMILES string of the molecule is Cc1ccccc1/C=N\NC(=O)c1ccco1. The molecular weight excluding hydrogens is 216 g/mol. The predicted molar refractivity (Wildman–Crippen MR) is 64.9 cm³/mol. The summed E-state index contributed by atoms with van der Waals surface area (Å²) in [6, 6.07) is 11.0. The number of hydrogen-bond acceptors (Lipinski definition) is 3. The fourth-order valence-electron chi connectivity index (χ4n) is 1.35. The van der Waals surface area contributed by atoms with E-state index in [0.29, 0.717) is 0 Å². The van der Waals surface area contributed by atoms with Crippen LogP contribution in [-0.4, -0.2) is 12.1 Å². The smallest absolute Gasteiger partial charge is 0.307 e. The van der Waals surface area contributed by atoms with Crippen LogP contribution in [-0.2, 0) is 0 Å². The molecule has 0 fully saturated rings. The summed E-state index contributed by atoms with van der Waals surface area (Å²) in [7, 11) is 0. The van der Waals surface area contributed by atoms with Crippen molar-refractivity contribution in [3.8, 4) is 0 Å². The Bertz CT molecular complexity index is 530. The Morgan fingerprint density at radius 1 is 1.29 bits per heavy atom. The van der Waals surface area contributed by atoms with Crippen LogP contribution >= 0.6 is 0 Å². The van der Waals surface area contributed by atoms with E-state index in [1.165, 1.54) is 6.26 Å². The summed E-state index contributed by atoms with van der Waals surface area (Å²) < 4.78 is 4.94. The molecule has 2 aromatic rings. The highest BCUT2D eigenvalue weighted by Gasteiger charge is 2.05. The van der Waals surface area contributed by atoms with Gasteiger partial charge in [-0.1, -0.05) is 24.3 Å². The van der Waals surface area contributed by atoms with Gasteiger partial charge in [0.05, 0.1) is 12.5 Å². The normalized spacial score (nSPS) is 10.6. The zero-order chi connectivity index (χ0) is 12.1. The number of furan rings is 1. The van der Waals surface area contributed by atoms with E-state index < -0.39 is 0 Å². The number of hydrogen-bond donors (Lipinski definition) is 1. The van der Waals surface area contributed by atoms with E-state index in [9.17, 15) is 4.79 Å². The molecule has 0 aliphatic carbocycles. The van der Waals surface area contributed by atoms with Gasteiger partial charge in [0.1, 0.15) is 0 Å². The zero-order valence-electron chi connectivity index (χ0n) is 9.38. The predicted octanol–water partition coefficient (Wildman–Crippen LogP) is 2.35. The minimum atomic E-state index is -0.361. The number of carbonyl (C=O) groups excluding carboxylic acids is 1. The first-order valence-corrected chi connectivity index (χ1v) is 5.20. The van der Waals surface area contributed by atoms with Crippen LogP contribution < -0.4 is 5.43 Å². The molecule has 4 heteroatoms. The highest BCUT2D eigenvalue weighted by atomic mass is 16.3. The lowest BCUT2D eigenvalue weighted by Crippen LogP contribution is -2.16. The minimum absolute atomic E-state index is 0.243. The zero-order valence-corrected chi connectivity index (χ0v) is 9.38. The first-order valence-electron chi connectivity index (χ1n) is 5.20.